The molecular weight excluding hydrogens is 382 g/mol. The van der Waals surface area contributed by atoms with Crippen molar-refractivity contribution < 1.29 is 26.4 Å². The molecule has 0 saturated heterocycles. The first-order valence-corrected chi connectivity index (χ1v) is 9.37. The summed E-state index contributed by atoms with van der Waals surface area (Å²) in [5, 5.41) is 13.7. The summed E-state index contributed by atoms with van der Waals surface area (Å²) in [6.07, 6.45) is -14.2. The number of carbonyl (C=O) groups excluding carboxylic acids is 1. The first-order chi connectivity index (χ1) is 18.6. The van der Waals surface area contributed by atoms with Gasteiger partial charge in [0, 0.05) is 19.3 Å². The largest absolute Gasteiger partial charge is 0.388 e. The normalized spacial score (nSPS) is 20.5. The molecule has 0 aliphatic rings. The zero-order valence-corrected chi connectivity index (χ0v) is 16.3. The Balaban J connectivity index is 1.84. The van der Waals surface area contributed by atoms with Crippen LogP contribution in [-0.4, -0.2) is 16.0 Å². The van der Waals surface area contributed by atoms with E-state index in [2.05, 4.69) is 10.3 Å². The molecule has 4 N–H and O–H groups in total. The Hall–Kier alpha value is -2.70. The number of nitrogen functional groups attached to an aromatic ring is 1. The molecule has 5 nitrogen and oxygen atoms in total. The van der Waals surface area contributed by atoms with Crippen LogP contribution in [-0.2, 0) is 17.6 Å². The summed E-state index contributed by atoms with van der Waals surface area (Å²) >= 11 is 0.919. The van der Waals surface area contributed by atoms with Crippen LogP contribution in [0.4, 0.5) is 10.8 Å². The first-order valence-electron chi connectivity index (χ1n) is 14.6. The van der Waals surface area contributed by atoms with Crippen LogP contribution in [0.2, 0.25) is 0 Å². The van der Waals surface area contributed by atoms with Crippen LogP contribution >= 0.6 is 11.3 Å². The fraction of sp³-hybridized carbons (Fsp3) is 0.304. The summed E-state index contributed by atoms with van der Waals surface area (Å²) in [5.41, 5.74) is 4.61. The number of benzene rings is 2. The van der Waals surface area contributed by atoms with Crippen molar-refractivity contribution in [2.24, 2.45) is 0 Å². The first kappa shape index (κ1) is 10.4. The number of hydrogen-bond acceptors (Lipinski definition) is 5. The molecule has 152 valence electrons. The average Bonchev–Trinajstić information content (AvgIpc) is 3.16. The van der Waals surface area contributed by atoms with Crippen molar-refractivity contribution in [2.75, 3.05) is 11.1 Å². The van der Waals surface area contributed by atoms with Gasteiger partial charge in [-0.15, -0.1) is 11.3 Å². The SMILES string of the molecule is [2H]c1sc(N)nc1CC(=O)Nc1ccc(C([2H])([2H])C([2H])([2H])CC([2H])([2H])[C@]([2H])(O)c2c([2H])c([2H])c([2H])c(C)c2[2H])cc1. The number of nitrogens with two attached hydrogens (primary N) is 1. The smallest absolute Gasteiger partial charge is 0.230 e. The molecule has 1 heterocycles. The van der Waals surface area contributed by atoms with E-state index in [0.29, 0.717) is 0 Å². The maximum Gasteiger partial charge on any atom is 0.230 e. The predicted molar refractivity (Wildman–Crippen MR) is 119 cm³/mol. The number of aromatic nitrogens is 1. The molecule has 3 rings (SSSR count). The summed E-state index contributed by atoms with van der Waals surface area (Å²) in [5.74, 6) is -0.523. The molecule has 0 aliphatic heterocycles. The molecule has 1 amide bonds. The highest BCUT2D eigenvalue weighted by atomic mass is 32.1. The second kappa shape index (κ2) is 10.2. The van der Waals surface area contributed by atoms with Gasteiger partial charge in [-0.25, -0.2) is 4.98 Å². The summed E-state index contributed by atoms with van der Waals surface area (Å²) in [6.45, 7) is 1.24. The molecule has 0 spiro atoms. The average molecular weight is 422 g/mol. The van der Waals surface area contributed by atoms with E-state index in [4.69, 9.17) is 22.2 Å². The lowest BCUT2D eigenvalue weighted by molar-refractivity contribution is -0.115. The van der Waals surface area contributed by atoms with Crippen molar-refractivity contribution >= 4 is 28.1 Å². The number of carbonyl (C=O) groups is 1. The van der Waals surface area contributed by atoms with Crippen LogP contribution in [0.15, 0.2) is 53.8 Å². The molecule has 1 atom stereocenters. The Morgan fingerprint density at radius 3 is 2.93 bits per heavy atom. The Bertz CT molecular complexity index is 1450. The number of hydrogen-bond donors (Lipinski definition) is 3. The minimum absolute atomic E-state index is 0.0458. The van der Waals surface area contributed by atoms with Gasteiger partial charge in [0.15, 0.2) is 5.13 Å². The Morgan fingerprint density at radius 1 is 1.41 bits per heavy atom. The Labute approximate surface area is 192 Å². The van der Waals surface area contributed by atoms with Gasteiger partial charge in [0.1, 0.15) is 0 Å². The highest BCUT2D eigenvalue weighted by Gasteiger charge is 2.08. The molecule has 2 aromatic carbocycles. The van der Waals surface area contributed by atoms with Gasteiger partial charge in [0.2, 0.25) is 5.91 Å². The Kier molecular flexibility index (Phi) is 3.64. The van der Waals surface area contributed by atoms with Crippen LogP contribution in [0, 0.1) is 6.92 Å². The van der Waals surface area contributed by atoms with Gasteiger partial charge in [-0.1, -0.05) is 48.3 Å². The molecule has 1 aromatic heterocycles. The number of aryl methyl sites for hydroxylation is 1. The molecule has 29 heavy (non-hydrogen) atoms. The van der Waals surface area contributed by atoms with E-state index in [0.717, 1.165) is 11.3 Å². The van der Waals surface area contributed by atoms with E-state index in [1.165, 1.54) is 31.2 Å². The molecule has 0 radical (unpaired) electrons. The lowest BCUT2D eigenvalue weighted by Gasteiger charge is -2.11. The van der Waals surface area contributed by atoms with Gasteiger partial charge in [-0.05, 0) is 49.3 Å². The van der Waals surface area contributed by atoms with E-state index in [1.807, 2.05) is 0 Å². The van der Waals surface area contributed by atoms with E-state index in [9.17, 15) is 9.90 Å². The molecule has 0 aliphatic carbocycles. The van der Waals surface area contributed by atoms with Crippen molar-refractivity contribution in [1.82, 2.24) is 4.98 Å². The molecular formula is C23H27N3O2S. The minimum atomic E-state index is -3.44. The quantitative estimate of drug-likeness (QED) is 0.469. The third-order valence-electron chi connectivity index (χ3n) is 3.58. The fourth-order valence-corrected chi connectivity index (χ4v) is 2.77. The van der Waals surface area contributed by atoms with Crippen LogP contribution in [0.5, 0.6) is 0 Å². The molecule has 0 unspecified atom stereocenters. The number of amides is 1. The van der Waals surface area contributed by atoms with Crippen LogP contribution in [0.1, 0.15) is 64.1 Å². The van der Waals surface area contributed by atoms with Crippen LogP contribution in [0.25, 0.3) is 0 Å². The monoisotopic (exact) mass is 421 g/mol. The maximum absolute atomic E-state index is 12.3. The maximum atomic E-state index is 12.3. The molecule has 0 saturated carbocycles. The second-order valence-corrected chi connectivity index (χ2v) is 6.73. The fourth-order valence-electron chi connectivity index (χ4n) is 2.28. The number of nitrogens with one attached hydrogen (secondary N) is 1. The van der Waals surface area contributed by atoms with Crippen LogP contribution < -0.4 is 11.1 Å². The minimum Gasteiger partial charge on any atom is -0.388 e. The standard InChI is InChI=1S/C23H27N3O2S/c1-16-5-4-7-18(13-16)21(27)8-3-2-6-17-9-11-19(12-10-17)25-22(28)14-20-15-29-23(24)26-20/h4-5,7,9-13,15,21,27H,2-3,6,8,14H2,1H3,(H2,24,26)(H,25,28)/t21-/m0/s1/i2D2,4D,5D,6D2,7D,8D2,13D,15D,21D. The summed E-state index contributed by atoms with van der Waals surface area (Å²) < 4.78 is 98.4. The third kappa shape index (κ3) is 6.69. The summed E-state index contributed by atoms with van der Waals surface area (Å²) in [4.78, 5) is 16.2. The predicted octanol–water partition coefficient (Wildman–Crippen LogP) is 4.66. The van der Waals surface area contributed by atoms with Crippen molar-refractivity contribution in [2.45, 2.75) is 45.0 Å². The number of anilines is 2. The Morgan fingerprint density at radius 2 is 2.21 bits per heavy atom. The lowest BCUT2D eigenvalue weighted by atomic mass is 10.00. The van der Waals surface area contributed by atoms with Gasteiger partial charge in [0.05, 0.1) is 26.4 Å². The van der Waals surface area contributed by atoms with Gasteiger partial charge in [0.25, 0.3) is 0 Å². The van der Waals surface area contributed by atoms with E-state index in [1.54, 1.807) is 0 Å². The zero-order chi connectivity index (χ0) is 31.3. The second-order valence-electron chi connectivity index (χ2n) is 5.91. The summed E-state index contributed by atoms with van der Waals surface area (Å²) in [7, 11) is 0. The number of thiazole rings is 1. The van der Waals surface area contributed by atoms with Gasteiger partial charge in [-0.3, -0.25) is 4.79 Å². The van der Waals surface area contributed by atoms with Gasteiger partial charge < -0.3 is 16.2 Å². The summed E-state index contributed by atoms with van der Waals surface area (Å²) in [6, 6.07) is 2.08. The zero-order valence-electron chi connectivity index (χ0n) is 27.5. The number of aliphatic hydroxyl groups is 1. The van der Waals surface area contributed by atoms with Gasteiger partial charge in [-0.2, -0.15) is 0 Å². The molecule has 6 heteroatoms. The lowest BCUT2D eigenvalue weighted by Crippen LogP contribution is -2.14. The van der Waals surface area contributed by atoms with Crippen LogP contribution in [0.3, 0.4) is 0 Å². The van der Waals surface area contributed by atoms with E-state index >= 15 is 0 Å². The van der Waals surface area contributed by atoms with E-state index in [-0.39, 0.29) is 39.4 Å². The number of rotatable bonds is 9. The highest BCUT2D eigenvalue weighted by Crippen LogP contribution is 2.21. The van der Waals surface area contributed by atoms with Crippen molar-refractivity contribution in [3.8, 4) is 0 Å². The number of nitrogens with zero attached hydrogens (tertiary/aromatic N) is 1. The molecule has 3 aromatic rings. The highest BCUT2D eigenvalue weighted by molar-refractivity contribution is 7.13. The van der Waals surface area contributed by atoms with Crippen molar-refractivity contribution in [3.05, 3.63) is 76.2 Å². The van der Waals surface area contributed by atoms with E-state index < -0.39 is 67.3 Å². The topological polar surface area (TPSA) is 88.2 Å². The third-order valence-corrected chi connectivity index (χ3v) is 4.22. The molecule has 0 bridgehead atoms. The van der Waals surface area contributed by atoms with Gasteiger partial charge >= 0.3 is 0 Å². The van der Waals surface area contributed by atoms with Crippen molar-refractivity contribution in [1.29, 1.82) is 0 Å². The van der Waals surface area contributed by atoms with Crippen molar-refractivity contribution in [3.63, 3.8) is 0 Å². The molecule has 0 fully saturated rings.